The number of sulfonamides is 1. The molecular weight excluding hydrogens is 356 g/mol. The Morgan fingerprint density at radius 3 is 2.04 bits per heavy atom. The monoisotopic (exact) mass is 374 g/mol. The predicted molar refractivity (Wildman–Crippen MR) is 99.4 cm³/mol. The van der Waals surface area contributed by atoms with Crippen molar-refractivity contribution in [1.82, 2.24) is 4.98 Å². The molecule has 0 amide bonds. The van der Waals surface area contributed by atoms with E-state index in [2.05, 4.69) is 4.98 Å². The summed E-state index contributed by atoms with van der Waals surface area (Å²) in [5.74, 6) is 0. The fourth-order valence-corrected chi connectivity index (χ4v) is 4.64. The van der Waals surface area contributed by atoms with Crippen LogP contribution in [0.4, 0.5) is 0 Å². The minimum Gasteiger partial charge on any atom is -0.244 e. The zero-order valence-corrected chi connectivity index (χ0v) is 15.3. The summed E-state index contributed by atoms with van der Waals surface area (Å²) >= 11 is 5.93. The zero-order valence-electron chi connectivity index (χ0n) is 13.7. The third kappa shape index (κ3) is 3.12. The number of halogens is 1. The van der Waals surface area contributed by atoms with Crippen molar-refractivity contribution in [3.05, 3.63) is 58.9 Å². The molecule has 0 atom stereocenters. The molecule has 1 aromatic carbocycles. The highest BCUT2D eigenvalue weighted by molar-refractivity contribution is 7.89. The van der Waals surface area contributed by atoms with Crippen molar-refractivity contribution >= 4 is 32.8 Å². The Balaban J connectivity index is 1.77. The van der Waals surface area contributed by atoms with Crippen molar-refractivity contribution < 1.29 is 8.42 Å². The van der Waals surface area contributed by atoms with Gasteiger partial charge < -0.3 is 0 Å². The Labute approximate surface area is 152 Å². The van der Waals surface area contributed by atoms with Crippen molar-refractivity contribution in [3.8, 4) is 0 Å². The topological polar surface area (TPSA) is 73.1 Å². The number of nitrogens with zero attached hydrogens (tertiary/aromatic N) is 1. The van der Waals surface area contributed by atoms with E-state index < -0.39 is 10.0 Å². The Bertz CT molecular complexity index is 944. The standard InChI is InChI=1S/C19H19ClN2O2S/c20-18-7-4-14(12-22-18)17-11-19(8-1-9-19)10-16(17)13-2-5-15(6-3-13)25(21,23)24/h2-7,12H,1,8-11H2,(H2,21,23,24). The number of pyridine rings is 1. The third-order valence-corrected chi connectivity index (χ3v) is 6.64. The minimum absolute atomic E-state index is 0.142. The van der Waals surface area contributed by atoms with Crippen molar-refractivity contribution in [3.63, 3.8) is 0 Å². The van der Waals surface area contributed by atoms with Gasteiger partial charge in [-0.05, 0) is 71.6 Å². The lowest BCUT2D eigenvalue weighted by Crippen LogP contribution is -2.26. The number of nitrogens with two attached hydrogens (primary N) is 1. The lowest BCUT2D eigenvalue weighted by atomic mass is 9.66. The third-order valence-electron chi connectivity index (χ3n) is 5.49. The second-order valence-electron chi connectivity index (χ2n) is 7.10. The number of primary sulfonamides is 1. The lowest BCUT2D eigenvalue weighted by molar-refractivity contribution is 0.157. The normalized spacial score (nSPS) is 19.3. The largest absolute Gasteiger partial charge is 0.244 e. The number of hydrogen-bond acceptors (Lipinski definition) is 3. The van der Waals surface area contributed by atoms with Crippen LogP contribution in [-0.4, -0.2) is 13.4 Å². The van der Waals surface area contributed by atoms with Gasteiger partial charge in [0.2, 0.25) is 10.0 Å². The average molecular weight is 375 g/mol. The summed E-state index contributed by atoms with van der Waals surface area (Å²) in [6.45, 7) is 0. The summed E-state index contributed by atoms with van der Waals surface area (Å²) in [5, 5.41) is 5.69. The van der Waals surface area contributed by atoms with Gasteiger partial charge in [0.15, 0.2) is 0 Å². The van der Waals surface area contributed by atoms with Crippen LogP contribution in [0.5, 0.6) is 0 Å². The number of aromatic nitrogens is 1. The van der Waals surface area contributed by atoms with Crippen LogP contribution in [0, 0.1) is 5.41 Å². The van der Waals surface area contributed by atoms with E-state index in [1.54, 1.807) is 12.1 Å². The summed E-state index contributed by atoms with van der Waals surface area (Å²) < 4.78 is 23.0. The van der Waals surface area contributed by atoms with Crippen LogP contribution in [-0.2, 0) is 10.0 Å². The molecule has 1 fully saturated rings. The van der Waals surface area contributed by atoms with Crippen LogP contribution >= 0.6 is 11.6 Å². The van der Waals surface area contributed by atoms with E-state index >= 15 is 0 Å². The molecule has 2 aliphatic carbocycles. The van der Waals surface area contributed by atoms with Gasteiger partial charge in [0.25, 0.3) is 0 Å². The van der Waals surface area contributed by atoms with Gasteiger partial charge in [-0.25, -0.2) is 18.5 Å². The second kappa shape index (κ2) is 5.94. The first kappa shape index (κ1) is 16.8. The first-order chi connectivity index (χ1) is 11.9. The molecule has 130 valence electrons. The van der Waals surface area contributed by atoms with Crippen LogP contribution in [0.3, 0.4) is 0 Å². The number of allylic oxidation sites excluding steroid dienone is 2. The second-order valence-corrected chi connectivity index (χ2v) is 9.05. The van der Waals surface area contributed by atoms with Gasteiger partial charge in [0.1, 0.15) is 5.15 Å². The van der Waals surface area contributed by atoms with Gasteiger partial charge in [-0.15, -0.1) is 0 Å². The Morgan fingerprint density at radius 2 is 1.56 bits per heavy atom. The van der Waals surface area contributed by atoms with Crippen molar-refractivity contribution in [1.29, 1.82) is 0 Å². The Hall–Kier alpha value is -1.69. The molecule has 1 spiro atoms. The van der Waals surface area contributed by atoms with E-state index in [0.717, 1.165) is 24.0 Å². The van der Waals surface area contributed by atoms with Crippen LogP contribution in [0.1, 0.15) is 43.2 Å². The zero-order chi connectivity index (χ0) is 17.7. The maximum Gasteiger partial charge on any atom is 0.238 e. The van der Waals surface area contributed by atoms with Crippen LogP contribution in [0.2, 0.25) is 5.15 Å². The highest BCUT2D eigenvalue weighted by Gasteiger charge is 2.43. The molecule has 2 N–H and O–H groups in total. The minimum atomic E-state index is -3.67. The number of benzene rings is 1. The van der Waals surface area contributed by atoms with Gasteiger partial charge in [0, 0.05) is 6.20 Å². The van der Waals surface area contributed by atoms with Gasteiger partial charge in [-0.1, -0.05) is 36.2 Å². The first-order valence-electron chi connectivity index (χ1n) is 8.34. The first-order valence-corrected chi connectivity index (χ1v) is 10.3. The predicted octanol–water partition coefficient (Wildman–Crippen LogP) is 4.26. The molecule has 4 rings (SSSR count). The molecule has 0 saturated heterocycles. The molecular formula is C19H19ClN2O2S. The fraction of sp³-hybridized carbons (Fsp3) is 0.316. The van der Waals surface area contributed by atoms with E-state index in [-0.39, 0.29) is 4.90 Å². The van der Waals surface area contributed by atoms with Gasteiger partial charge >= 0.3 is 0 Å². The molecule has 2 aromatic rings. The molecule has 1 aromatic heterocycles. The fourth-order valence-electron chi connectivity index (χ4n) is 4.01. The number of hydrogen-bond donors (Lipinski definition) is 1. The summed E-state index contributed by atoms with van der Waals surface area (Å²) in [4.78, 5) is 4.37. The van der Waals surface area contributed by atoms with E-state index in [4.69, 9.17) is 16.7 Å². The van der Waals surface area contributed by atoms with Crippen molar-refractivity contribution in [2.24, 2.45) is 10.6 Å². The van der Waals surface area contributed by atoms with E-state index in [1.807, 2.05) is 30.5 Å². The van der Waals surface area contributed by atoms with Crippen LogP contribution in [0.25, 0.3) is 11.1 Å². The van der Waals surface area contributed by atoms with Crippen LogP contribution in [0.15, 0.2) is 47.5 Å². The quantitative estimate of drug-likeness (QED) is 0.816. The molecule has 1 saturated carbocycles. The van der Waals surface area contributed by atoms with E-state index in [1.165, 1.54) is 30.4 Å². The van der Waals surface area contributed by atoms with Gasteiger partial charge in [0.05, 0.1) is 4.90 Å². The van der Waals surface area contributed by atoms with Gasteiger partial charge in [-0.2, -0.15) is 0 Å². The number of rotatable bonds is 3. The molecule has 6 heteroatoms. The Morgan fingerprint density at radius 1 is 0.960 bits per heavy atom. The Kier molecular flexibility index (Phi) is 3.98. The molecule has 0 aliphatic heterocycles. The molecule has 25 heavy (non-hydrogen) atoms. The smallest absolute Gasteiger partial charge is 0.238 e. The maximum absolute atomic E-state index is 11.5. The summed E-state index contributed by atoms with van der Waals surface area (Å²) in [5.41, 5.74) is 5.10. The summed E-state index contributed by atoms with van der Waals surface area (Å²) in [7, 11) is -3.67. The van der Waals surface area contributed by atoms with Crippen molar-refractivity contribution in [2.45, 2.75) is 37.0 Å². The molecule has 2 aliphatic rings. The molecule has 4 nitrogen and oxygen atoms in total. The van der Waals surface area contributed by atoms with E-state index in [9.17, 15) is 8.42 Å². The SMILES string of the molecule is NS(=O)(=O)c1ccc(C2=C(c3ccc(Cl)nc3)CC3(CCC3)C2)cc1. The van der Waals surface area contributed by atoms with Gasteiger partial charge in [-0.3, -0.25) is 0 Å². The van der Waals surface area contributed by atoms with E-state index in [0.29, 0.717) is 10.6 Å². The highest BCUT2D eigenvalue weighted by atomic mass is 35.5. The summed E-state index contributed by atoms with van der Waals surface area (Å²) in [6.07, 6.45) is 7.67. The lowest BCUT2D eigenvalue weighted by Gasteiger charge is -2.39. The highest BCUT2D eigenvalue weighted by Crippen LogP contribution is 2.59. The molecule has 0 radical (unpaired) electrons. The molecule has 0 unspecified atom stereocenters. The molecule has 0 bridgehead atoms. The maximum atomic E-state index is 11.5. The van der Waals surface area contributed by atoms with Crippen molar-refractivity contribution in [2.75, 3.05) is 0 Å². The van der Waals surface area contributed by atoms with Crippen LogP contribution < -0.4 is 5.14 Å². The summed E-state index contributed by atoms with van der Waals surface area (Å²) in [6, 6.07) is 10.7. The molecule has 1 heterocycles. The average Bonchev–Trinajstić information content (AvgIpc) is 2.96.